The summed E-state index contributed by atoms with van der Waals surface area (Å²) in [7, 11) is 0. The molecule has 0 aromatic rings. The first-order valence-corrected chi connectivity index (χ1v) is 7.42. The van der Waals surface area contributed by atoms with E-state index in [1.807, 2.05) is 0 Å². The Morgan fingerprint density at radius 3 is 2.06 bits per heavy atom. The van der Waals surface area contributed by atoms with E-state index < -0.39 is 0 Å². The van der Waals surface area contributed by atoms with Crippen molar-refractivity contribution in [2.75, 3.05) is 0 Å². The number of aliphatic imine (C=N–C) groups is 1. The van der Waals surface area contributed by atoms with Crippen LogP contribution in [-0.4, -0.2) is 11.8 Å². The van der Waals surface area contributed by atoms with Crippen LogP contribution in [0.1, 0.15) is 86.5 Å². The van der Waals surface area contributed by atoms with Crippen molar-refractivity contribution in [2.45, 2.75) is 92.5 Å². The predicted molar refractivity (Wildman–Crippen MR) is 80.0 cm³/mol. The lowest BCUT2D eigenvalue weighted by molar-refractivity contribution is 0.358. The Hall–Kier alpha value is -0.330. The Morgan fingerprint density at radius 2 is 1.59 bits per heavy atom. The third-order valence-corrected chi connectivity index (χ3v) is 3.31. The maximum absolute atomic E-state index is 4.78. The van der Waals surface area contributed by atoms with Gasteiger partial charge in [-0.1, -0.05) is 47.5 Å². The molecule has 0 N–H and O–H groups in total. The zero-order valence-corrected chi connectivity index (χ0v) is 13.0. The average Bonchev–Trinajstić information content (AvgIpc) is 2.23. The molecule has 0 aromatic carbocycles. The SMILES string of the molecule is CCC(CC)/N=C(\C)CCCCCC(C)(C)C. The van der Waals surface area contributed by atoms with Crippen LogP contribution in [0.4, 0.5) is 0 Å². The van der Waals surface area contributed by atoms with Gasteiger partial charge in [-0.2, -0.15) is 0 Å². The van der Waals surface area contributed by atoms with Gasteiger partial charge in [-0.05, 0) is 44.4 Å². The van der Waals surface area contributed by atoms with E-state index in [9.17, 15) is 0 Å². The van der Waals surface area contributed by atoms with Crippen LogP contribution >= 0.6 is 0 Å². The fourth-order valence-corrected chi connectivity index (χ4v) is 2.06. The van der Waals surface area contributed by atoms with Gasteiger partial charge in [0.25, 0.3) is 0 Å². The molecule has 0 aliphatic heterocycles. The van der Waals surface area contributed by atoms with Gasteiger partial charge in [0.15, 0.2) is 0 Å². The second kappa shape index (κ2) is 8.72. The molecule has 0 radical (unpaired) electrons. The molecule has 0 saturated heterocycles. The fourth-order valence-electron chi connectivity index (χ4n) is 2.06. The van der Waals surface area contributed by atoms with Crippen molar-refractivity contribution in [3.05, 3.63) is 0 Å². The third-order valence-electron chi connectivity index (χ3n) is 3.31. The molecule has 0 aromatic heterocycles. The van der Waals surface area contributed by atoms with Crippen LogP contribution < -0.4 is 0 Å². The van der Waals surface area contributed by atoms with E-state index in [2.05, 4.69) is 41.5 Å². The Balaban J connectivity index is 3.67. The number of unbranched alkanes of at least 4 members (excludes halogenated alkanes) is 2. The molecule has 1 nitrogen and oxygen atoms in total. The Morgan fingerprint density at radius 1 is 1.00 bits per heavy atom. The van der Waals surface area contributed by atoms with E-state index in [4.69, 9.17) is 4.99 Å². The van der Waals surface area contributed by atoms with E-state index >= 15 is 0 Å². The number of hydrogen-bond donors (Lipinski definition) is 0. The van der Waals surface area contributed by atoms with E-state index in [1.54, 1.807) is 0 Å². The van der Waals surface area contributed by atoms with E-state index in [-0.39, 0.29) is 0 Å². The highest BCUT2D eigenvalue weighted by molar-refractivity contribution is 5.81. The summed E-state index contributed by atoms with van der Waals surface area (Å²) in [5.41, 5.74) is 1.85. The predicted octanol–water partition coefficient (Wildman–Crippen LogP) is 5.63. The van der Waals surface area contributed by atoms with Crippen molar-refractivity contribution in [1.82, 2.24) is 0 Å². The molecule has 1 heteroatoms. The van der Waals surface area contributed by atoms with Crippen LogP contribution in [0, 0.1) is 5.41 Å². The van der Waals surface area contributed by atoms with Crippen molar-refractivity contribution in [3.63, 3.8) is 0 Å². The van der Waals surface area contributed by atoms with Crippen LogP contribution in [-0.2, 0) is 0 Å². The second-order valence-corrected chi connectivity index (χ2v) is 6.46. The van der Waals surface area contributed by atoms with Crippen LogP contribution in [0.5, 0.6) is 0 Å². The topological polar surface area (TPSA) is 12.4 Å². The number of rotatable bonds is 8. The standard InChI is InChI=1S/C16H33N/c1-7-15(8-2)17-14(3)12-10-9-11-13-16(4,5)6/h15H,7-13H2,1-6H3/b17-14+. The molecule has 0 aliphatic rings. The zero-order valence-electron chi connectivity index (χ0n) is 13.0. The van der Waals surface area contributed by atoms with E-state index in [0.29, 0.717) is 11.5 Å². The van der Waals surface area contributed by atoms with Gasteiger partial charge in [0.1, 0.15) is 0 Å². The van der Waals surface area contributed by atoms with Gasteiger partial charge in [0.2, 0.25) is 0 Å². The molecule has 102 valence electrons. The zero-order chi connectivity index (χ0) is 13.3. The molecule has 0 aliphatic carbocycles. The lowest BCUT2D eigenvalue weighted by atomic mass is 9.89. The molecular weight excluding hydrogens is 206 g/mol. The summed E-state index contributed by atoms with van der Waals surface area (Å²) in [5, 5.41) is 0. The summed E-state index contributed by atoms with van der Waals surface area (Å²) in [6.45, 7) is 13.6. The lowest BCUT2D eigenvalue weighted by Gasteiger charge is -2.17. The van der Waals surface area contributed by atoms with E-state index in [0.717, 1.165) is 0 Å². The average molecular weight is 239 g/mol. The quantitative estimate of drug-likeness (QED) is 0.384. The van der Waals surface area contributed by atoms with Crippen LogP contribution in [0.15, 0.2) is 4.99 Å². The minimum atomic E-state index is 0.499. The van der Waals surface area contributed by atoms with Gasteiger partial charge >= 0.3 is 0 Å². The number of nitrogens with zero attached hydrogens (tertiary/aromatic N) is 1. The van der Waals surface area contributed by atoms with Crippen molar-refractivity contribution >= 4 is 5.71 Å². The smallest absolute Gasteiger partial charge is 0.0493 e. The molecule has 0 rings (SSSR count). The van der Waals surface area contributed by atoms with Crippen LogP contribution in [0.2, 0.25) is 0 Å². The first kappa shape index (κ1) is 16.7. The first-order valence-electron chi connectivity index (χ1n) is 7.42. The molecule has 0 bridgehead atoms. The van der Waals surface area contributed by atoms with Crippen LogP contribution in [0.25, 0.3) is 0 Å². The summed E-state index contributed by atoms with van der Waals surface area (Å²) in [6.07, 6.45) is 8.92. The highest BCUT2D eigenvalue weighted by Crippen LogP contribution is 2.22. The van der Waals surface area contributed by atoms with Crippen molar-refractivity contribution in [3.8, 4) is 0 Å². The molecule has 0 atom stereocenters. The fraction of sp³-hybridized carbons (Fsp3) is 0.938. The largest absolute Gasteiger partial charge is 0.291 e. The Kier molecular flexibility index (Phi) is 8.55. The Labute approximate surface area is 109 Å². The van der Waals surface area contributed by atoms with Gasteiger partial charge in [0, 0.05) is 11.8 Å². The summed E-state index contributed by atoms with van der Waals surface area (Å²) in [5.74, 6) is 0. The first-order chi connectivity index (χ1) is 7.89. The second-order valence-electron chi connectivity index (χ2n) is 6.46. The maximum Gasteiger partial charge on any atom is 0.0493 e. The minimum Gasteiger partial charge on any atom is -0.291 e. The maximum atomic E-state index is 4.78. The summed E-state index contributed by atoms with van der Waals surface area (Å²) < 4.78 is 0. The van der Waals surface area contributed by atoms with Crippen molar-refractivity contribution in [1.29, 1.82) is 0 Å². The Bertz CT molecular complexity index is 206. The minimum absolute atomic E-state index is 0.499. The molecule has 17 heavy (non-hydrogen) atoms. The molecular formula is C16H33N. The summed E-state index contributed by atoms with van der Waals surface area (Å²) in [4.78, 5) is 4.78. The van der Waals surface area contributed by atoms with Crippen LogP contribution in [0.3, 0.4) is 0 Å². The molecule has 0 saturated carbocycles. The summed E-state index contributed by atoms with van der Waals surface area (Å²) in [6, 6.07) is 0.560. The van der Waals surface area contributed by atoms with E-state index in [1.165, 1.54) is 50.7 Å². The van der Waals surface area contributed by atoms with Gasteiger partial charge < -0.3 is 0 Å². The van der Waals surface area contributed by atoms with Crippen molar-refractivity contribution < 1.29 is 0 Å². The van der Waals surface area contributed by atoms with Gasteiger partial charge in [-0.3, -0.25) is 4.99 Å². The molecule has 0 heterocycles. The third kappa shape index (κ3) is 10.5. The lowest BCUT2D eigenvalue weighted by Crippen LogP contribution is -2.05. The van der Waals surface area contributed by atoms with Crippen molar-refractivity contribution in [2.24, 2.45) is 10.4 Å². The highest BCUT2D eigenvalue weighted by atomic mass is 14.8. The molecule has 0 spiro atoms. The van der Waals surface area contributed by atoms with Gasteiger partial charge in [-0.15, -0.1) is 0 Å². The molecule has 0 unspecified atom stereocenters. The number of hydrogen-bond acceptors (Lipinski definition) is 1. The normalized spacial score (nSPS) is 13.5. The monoisotopic (exact) mass is 239 g/mol. The molecule has 0 fully saturated rings. The summed E-state index contributed by atoms with van der Waals surface area (Å²) >= 11 is 0. The highest BCUT2D eigenvalue weighted by Gasteiger charge is 2.08. The van der Waals surface area contributed by atoms with Gasteiger partial charge in [-0.25, -0.2) is 0 Å². The van der Waals surface area contributed by atoms with Gasteiger partial charge in [0.05, 0.1) is 0 Å². The molecule has 0 amide bonds.